The first-order valence-corrected chi connectivity index (χ1v) is 6.95. The number of benzene rings is 2. The van der Waals surface area contributed by atoms with E-state index in [1.807, 2.05) is 53.5 Å². The van der Waals surface area contributed by atoms with Gasteiger partial charge in [-0.05, 0) is 22.1 Å². The molecular formula is C14H11N2S2-. The van der Waals surface area contributed by atoms with Crippen LogP contribution in [0.3, 0.4) is 0 Å². The Bertz CT molecular complexity index is 555. The molecule has 0 saturated heterocycles. The number of anilines is 1. The van der Waals surface area contributed by atoms with Crippen LogP contribution in [-0.2, 0) is 12.6 Å². The van der Waals surface area contributed by atoms with Crippen molar-refractivity contribution in [3.05, 3.63) is 66.2 Å². The molecule has 0 aromatic heterocycles. The summed E-state index contributed by atoms with van der Waals surface area (Å²) in [6.07, 6.45) is 0. The lowest BCUT2D eigenvalue weighted by Gasteiger charge is -2.23. The summed E-state index contributed by atoms with van der Waals surface area (Å²) in [7, 11) is 0. The molecule has 0 amide bonds. The largest absolute Gasteiger partial charge is 0.752 e. The maximum atomic E-state index is 5.23. The SMILES string of the molecule is [S-]C1=NN(c2ccccc2)C(c2ccccc2)S1. The minimum absolute atomic E-state index is 0.140. The van der Waals surface area contributed by atoms with Gasteiger partial charge in [0.05, 0.1) is 5.69 Å². The van der Waals surface area contributed by atoms with Crippen LogP contribution < -0.4 is 5.01 Å². The van der Waals surface area contributed by atoms with E-state index in [4.69, 9.17) is 12.6 Å². The Labute approximate surface area is 116 Å². The first kappa shape index (κ1) is 11.6. The van der Waals surface area contributed by atoms with Gasteiger partial charge in [-0.1, -0.05) is 48.5 Å². The van der Waals surface area contributed by atoms with Gasteiger partial charge in [0.2, 0.25) is 0 Å². The third-order valence-electron chi connectivity index (χ3n) is 2.73. The number of hydrogen-bond donors (Lipinski definition) is 0. The fourth-order valence-corrected chi connectivity index (χ4v) is 3.16. The second-order valence-electron chi connectivity index (χ2n) is 3.93. The minimum Gasteiger partial charge on any atom is -0.752 e. The zero-order chi connectivity index (χ0) is 12.4. The van der Waals surface area contributed by atoms with Crippen molar-refractivity contribution >= 4 is 34.5 Å². The zero-order valence-corrected chi connectivity index (χ0v) is 11.2. The zero-order valence-electron chi connectivity index (χ0n) is 9.56. The molecule has 2 aromatic rings. The molecule has 2 nitrogen and oxygen atoms in total. The van der Waals surface area contributed by atoms with Gasteiger partial charge in [-0.3, -0.25) is 0 Å². The van der Waals surface area contributed by atoms with Crippen molar-refractivity contribution < 1.29 is 0 Å². The van der Waals surface area contributed by atoms with Crippen molar-refractivity contribution in [1.82, 2.24) is 0 Å². The Morgan fingerprint density at radius 3 is 2.22 bits per heavy atom. The summed E-state index contributed by atoms with van der Waals surface area (Å²) in [5.74, 6) is 0. The highest BCUT2D eigenvalue weighted by molar-refractivity contribution is 8.27. The summed E-state index contributed by atoms with van der Waals surface area (Å²) < 4.78 is 0.688. The molecule has 1 atom stereocenters. The lowest BCUT2D eigenvalue weighted by atomic mass is 10.2. The predicted octanol–water partition coefficient (Wildman–Crippen LogP) is 3.76. The second kappa shape index (κ2) is 5.00. The van der Waals surface area contributed by atoms with Crippen LogP contribution in [0.15, 0.2) is 65.8 Å². The van der Waals surface area contributed by atoms with E-state index in [1.165, 1.54) is 5.56 Å². The maximum absolute atomic E-state index is 5.23. The third-order valence-corrected chi connectivity index (χ3v) is 4.08. The van der Waals surface area contributed by atoms with Crippen LogP contribution in [0.1, 0.15) is 10.9 Å². The van der Waals surface area contributed by atoms with E-state index >= 15 is 0 Å². The van der Waals surface area contributed by atoms with Crippen LogP contribution in [0.4, 0.5) is 5.69 Å². The smallest absolute Gasteiger partial charge is 0.127 e. The molecule has 4 heteroatoms. The van der Waals surface area contributed by atoms with Crippen molar-refractivity contribution in [3.63, 3.8) is 0 Å². The van der Waals surface area contributed by atoms with E-state index in [1.54, 1.807) is 11.8 Å². The average Bonchev–Trinajstić information content (AvgIpc) is 2.83. The molecule has 2 aromatic carbocycles. The second-order valence-corrected chi connectivity index (χ2v) is 5.64. The number of hydrogen-bond acceptors (Lipinski definition) is 4. The molecule has 0 radical (unpaired) electrons. The van der Waals surface area contributed by atoms with Gasteiger partial charge >= 0.3 is 0 Å². The molecule has 1 aliphatic rings. The van der Waals surface area contributed by atoms with E-state index in [0.29, 0.717) is 4.38 Å². The molecule has 1 unspecified atom stereocenters. The number of rotatable bonds is 2. The van der Waals surface area contributed by atoms with Crippen molar-refractivity contribution in [1.29, 1.82) is 0 Å². The predicted molar refractivity (Wildman–Crippen MR) is 80.5 cm³/mol. The average molecular weight is 271 g/mol. The fraction of sp³-hybridized carbons (Fsp3) is 0.0714. The first-order chi connectivity index (χ1) is 8.84. The third kappa shape index (κ3) is 2.21. The van der Waals surface area contributed by atoms with Gasteiger partial charge in [-0.25, -0.2) is 5.01 Å². The molecule has 90 valence electrons. The Morgan fingerprint density at radius 2 is 1.56 bits per heavy atom. The molecule has 0 aliphatic carbocycles. The number of nitrogens with zero attached hydrogens (tertiary/aromatic N) is 2. The van der Waals surface area contributed by atoms with Crippen LogP contribution in [-0.4, -0.2) is 4.38 Å². The minimum atomic E-state index is 0.140. The maximum Gasteiger partial charge on any atom is 0.127 e. The van der Waals surface area contributed by atoms with Crippen molar-refractivity contribution in [2.75, 3.05) is 5.01 Å². The number of hydrazone groups is 1. The molecule has 1 heterocycles. The van der Waals surface area contributed by atoms with Gasteiger partial charge < -0.3 is 12.6 Å². The molecule has 1 aliphatic heterocycles. The Hall–Kier alpha value is -1.52. The summed E-state index contributed by atoms with van der Waals surface area (Å²) in [6, 6.07) is 20.4. The van der Waals surface area contributed by atoms with Crippen LogP contribution in [0.2, 0.25) is 0 Å². The molecule has 18 heavy (non-hydrogen) atoms. The first-order valence-electron chi connectivity index (χ1n) is 5.66. The van der Waals surface area contributed by atoms with Gasteiger partial charge in [0.1, 0.15) is 5.37 Å². The molecule has 0 bridgehead atoms. The molecule has 0 saturated carbocycles. The fourth-order valence-electron chi connectivity index (χ4n) is 1.91. The lowest BCUT2D eigenvalue weighted by Crippen LogP contribution is -2.16. The van der Waals surface area contributed by atoms with E-state index in [9.17, 15) is 0 Å². The van der Waals surface area contributed by atoms with Crippen LogP contribution in [0, 0.1) is 0 Å². The van der Waals surface area contributed by atoms with Gasteiger partial charge in [-0.2, -0.15) is 5.10 Å². The number of para-hydroxylation sites is 1. The number of thioether (sulfide) groups is 1. The van der Waals surface area contributed by atoms with Crippen molar-refractivity contribution in [2.45, 2.75) is 5.37 Å². The molecule has 3 rings (SSSR count). The Morgan fingerprint density at radius 1 is 0.944 bits per heavy atom. The summed E-state index contributed by atoms with van der Waals surface area (Å²) in [5.41, 5.74) is 2.29. The standard InChI is InChI=1S/C14H12N2S2/c17-14-15-16(12-9-5-2-6-10-12)13(18-14)11-7-3-1-4-8-11/h1-10,13H,(H,15,17)/p-1. The van der Waals surface area contributed by atoms with Crippen molar-refractivity contribution in [3.8, 4) is 0 Å². The summed E-state index contributed by atoms with van der Waals surface area (Å²) >= 11 is 6.84. The molecular weight excluding hydrogens is 260 g/mol. The highest BCUT2D eigenvalue weighted by Crippen LogP contribution is 2.41. The molecule has 0 fully saturated rings. The lowest BCUT2D eigenvalue weighted by molar-refractivity contribution is 0.854. The topological polar surface area (TPSA) is 15.6 Å². The normalized spacial score (nSPS) is 18.8. The van der Waals surface area contributed by atoms with Crippen LogP contribution in [0.5, 0.6) is 0 Å². The van der Waals surface area contributed by atoms with Gasteiger partial charge in [-0.15, -0.1) is 11.8 Å². The Kier molecular flexibility index (Phi) is 3.21. The highest BCUT2D eigenvalue weighted by atomic mass is 32.2. The van der Waals surface area contributed by atoms with E-state index in [2.05, 4.69) is 17.2 Å². The van der Waals surface area contributed by atoms with Gasteiger partial charge in [0.15, 0.2) is 0 Å². The molecule has 0 spiro atoms. The van der Waals surface area contributed by atoms with E-state index in [0.717, 1.165) is 5.69 Å². The van der Waals surface area contributed by atoms with E-state index in [-0.39, 0.29) is 5.37 Å². The summed E-state index contributed by atoms with van der Waals surface area (Å²) in [5, 5.41) is 6.57. The van der Waals surface area contributed by atoms with E-state index < -0.39 is 0 Å². The quantitative estimate of drug-likeness (QED) is 0.773. The molecule has 0 N–H and O–H groups in total. The summed E-state index contributed by atoms with van der Waals surface area (Å²) in [4.78, 5) is 0. The monoisotopic (exact) mass is 271 g/mol. The van der Waals surface area contributed by atoms with Crippen LogP contribution >= 0.6 is 11.8 Å². The highest BCUT2D eigenvalue weighted by Gasteiger charge is 2.25. The van der Waals surface area contributed by atoms with Gasteiger partial charge in [0.25, 0.3) is 0 Å². The van der Waals surface area contributed by atoms with Crippen molar-refractivity contribution in [2.24, 2.45) is 5.10 Å². The van der Waals surface area contributed by atoms with Crippen LogP contribution in [0.25, 0.3) is 0 Å². The van der Waals surface area contributed by atoms with Gasteiger partial charge in [0, 0.05) is 0 Å². The summed E-state index contributed by atoms with van der Waals surface area (Å²) in [6.45, 7) is 0. The Balaban J connectivity index is 1.97.